The van der Waals surface area contributed by atoms with Gasteiger partial charge in [-0.15, -0.1) is 0 Å². The molecule has 3 heterocycles. The van der Waals surface area contributed by atoms with E-state index in [9.17, 15) is 0 Å². The predicted octanol–water partition coefficient (Wildman–Crippen LogP) is 4.76. The first kappa shape index (κ1) is 22.7. The molecule has 6 heteroatoms. The molecule has 3 aliphatic rings. The molecule has 6 nitrogen and oxygen atoms in total. The summed E-state index contributed by atoms with van der Waals surface area (Å²) in [6.45, 7) is 6.96. The van der Waals surface area contributed by atoms with E-state index in [2.05, 4.69) is 69.3 Å². The highest BCUT2D eigenvalue weighted by Crippen LogP contribution is 2.57. The second-order valence-corrected chi connectivity index (χ2v) is 11.0. The summed E-state index contributed by atoms with van der Waals surface area (Å²) in [5, 5.41) is 8.94. The van der Waals surface area contributed by atoms with Crippen LogP contribution in [0.3, 0.4) is 0 Å². The first-order valence-corrected chi connectivity index (χ1v) is 13.1. The molecule has 2 aliphatic carbocycles. The van der Waals surface area contributed by atoms with Crippen molar-refractivity contribution in [2.45, 2.75) is 64.1 Å². The molecule has 1 aromatic carbocycles. The second kappa shape index (κ2) is 9.07. The van der Waals surface area contributed by atoms with Gasteiger partial charge in [-0.05, 0) is 56.6 Å². The summed E-state index contributed by atoms with van der Waals surface area (Å²) < 4.78 is 7.67. The van der Waals surface area contributed by atoms with Gasteiger partial charge in [0.05, 0.1) is 18.0 Å². The van der Waals surface area contributed by atoms with Gasteiger partial charge in [-0.25, -0.2) is 0 Å². The molecular formula is C29H37N5O. The summed E-state index contributed by atoms with van der Waals surface area (Å²) in [6, 6.07) is 14.8. The molecule has 2 aromatic heterocycles. The predicted molar refractivity (Wildman–Crippen MR) is 140 cm³/mol. The topological polar surface area (TPSA) is 55.2 Å². The molecule has 3 aromatic rings. The SMILES string of the molecule is COCCNC12CCC(Cn3nc(C)c4c3CCN(c3ccnc(-c5ccccc5)c3)C4)(CC1)C2. The Morgan fingerprint density at radius 2 is 1.91 bits per heavy atom. The Labute approximate surface area is 208 Å². The maximum Gasteiger partial charge on any atom is 0.0722 e. The number of fused-ring (bicyclic) bond motifs is 3. The van der Waals surface area contributed by atoms with E-state index < -0.39 is 0 Å². The van der Waals surface area contributed by atoms with Crippen molar-refractivity contribution in [3.63, 3.8) is 0 Å². The van der Waals surface area contributed by atoms with E-state index in [0.717, 1.165) is 50.5 Å². The van der Waals surface area contributed by atoms with E-state index in [1.54, 1.807) is 7.11 Å². The minimum atomic E-state index is 0.329. The van der Waals surface area contributed by atoms with E-state index in [0.29, 0.717) is 11.0 Å². The molecule has 0 amide bonds. The van der Waals surface area contributed by atoms with Crippen LogP contribution in [0.25, 0.3) is 11.3 Å². The molecule has 184 valence electrons. The van der Waals surface area contributed by atoms with E-state index in [-0.39, 0.29) is 0 Å². The lowest BCUT2D eigenvalue weighted by molar-refractivity contribution is 0.183. The number of rotatable bonds is 8. The highest BCUT2D eigenvalue weighted by Gasteiger charge is 2.54. The molecule has 2 fully saturated rings. The number of ether oxygens (including phenoxy) is 1. The minimum absolute atomic E-state index is 0.329. The van der Waals surface area contributed by atoms with Crippen molar-refractivity contribution in [3.8, 4) is 11.3 Å². The van der Waals surface area contributed by atoms with Crippen LogP contribution in [0.15, 0.2) is 48.7 Å². The Kier molecular flexibility index (Phi) is 5.89. The molecule has 1 aliphatic heterocycles. The number of pyridine rings is 1. The van der Waals surface area contributed by atoms with Gasteiger partial charge in [-0.2, -0.15) is 5.10 Å². The fourth-order valence-corrected chi connectivity index (χ4v) is 6.92. The molecule has 0 radical (unpaired) electrons. The monoisotopic (exact) mass is 471 g/mol. The molecule has 0 unspecified atom stereocenters. The van der Waals surface area contributed by atoms with Gasteiger partial charge in [0.25, 0.3) is 0 Å². The highest BCUT2D eigenvalue weighted by molar-refractivity contribution is 5.64. The zero-order chi connectivity index (χ0) is 23.9. The number of nitrogens with one attached hydrogen (secondary N) is 1. The summed E-state index contributed by atoms with van der Waals surface area (Å²) in [5.41, 5.74) is 8.25. The van der Waals surface area contributed by atoms with Gasteiger partial charge in [-0.1, -0.05) is 30.3 Å². The van der Waals surface area contributed by atoms with Crippen molar-refractivity contribution in [2.24, 2.45) is 5.41 Å². The summed E-state index contributed by atoms with van der Waals surface area (Å²) in [4.78, 5) is 7.11. The van der Waals surface area contributed by atoms with Crippen molar-refractivity contribution in [1.29, 1.82) is 0 Å². The quantitative estimate of drug-likeness (QED) is 0.480. The number of aryl methyl sites for hydroxylation is 1. The maximum atomic E-state index is 5.28. The zero-order valence-corrected chi connectivity index (χ0v) is 21.1. The summed E-state index contributed by atoms with van der Waals surface area (Å²) in [6.07, 6.45) is 9.47. The molecule has 6 rings (SSSR count). The van der Waals surface area contributed by atoms with Crippen LogP contribution < -0.4 is 10.2 Å². The Hall–Kier alpha value is -2.70. The number of hydrogen-bond acceptors (Lipinski definition) is 5. The van der Waals surface area contributed by atoms with Gasteiger partial charge in [0.15, 0.2) is 0 Å². The second-order valence-electron chi connectivity index (χ2n) is 11.0. The van der Waals surface area contributed by atoms with Crippen LogP contribution >= 0.6 is 0 Å². The van der Waals surface area contributed by atoms with Crippen molar-refractivity contribution in [2.75, 3.05) is 31.7 Å². The molecule has 0 spiro atoms. The van der Waals surface area contributed by atoms with Crippen LogP contribution in [-0.2, 0) is 24.2 Å². The molecule has 0 atom stereocenters. The Morgan fingerprint density at radius 1 is 1.09 bits per heavy atom. The van der Waals surface area contributed by atoms with E-state index in [1.165, 1.54) is 54.7 Å². The molecule has 35 heavy (non-hydrogen) atoms. The smallest absolute Gasteiger partial charge is 0.0722 e. The Morgan fingerprint density at radius 3 is 2.71 bits per heavy atom. The lowest BCUT2D eigenvalue weighted by atomic mass is 9.84. The number of hydrogen-bond donors (Lipinski definition) is 1. The molecule has 2 bridgehead atoms. The largest absolute Gasteiger partial charge is 0.383 e. The first-order chi connectivity index (χ1) is 17.1. The van der Waals surface area contributed by atoms with E-state index in [1.807, 2.05) is 6.20 Å². The summed E-state index contributed by atoms with van der Waals surface area (Å²) >= 11 is 0. The normalized spacial score (nSPS) is 25.3. The van der Waals surface area contributed by atoms with Crippen LogP contribution in [0.1, 0.15) is 49.1 Å². The van der Waals surface area contributed by atoms with E-state index in [4.69, 9.17) is 9.84 Å². The molecule has 0 saturated heterocycles. The average molecular weight is 472 g/mol. The number of nitrogens with zero attached hydrogens (tertiary/aromatic N) is 4. The number of methoxy groups -OCH3 is 1. The first-order valence-electron chi connectivity index (χ1n) is 13.1. The highest BCUT2D eigenvalue weighted by atomic mass is 16.5. The van der Waals surface area contributed by atoms with Crippen LogP contribution in [0.4, 0.5) is 5.69 Å². The fraction of sp³-hybridized carbons (Fsp3) is 0.517. The molecule has 1 N–H and O–H groups in total. The van der Waals surface area contributed by atoms with Gasteiger partial charge in [-0.3, -0.25) is 9.67 Å². The van der Waals surface area contributed by atoms with E-state index >= 15 is 0 Å². The van der Waals surface area contributed by atoms with Gasteiger partial charge in [0, 0.05) is 74.0 Å². The third-order valence-electron chi connectivity index (χ3n) is 8.79. The lowest BCUT2D eigenvalue weighted by Crippen LogP contribution is -2.42. The zero-order valence-electron chi connectivity index (χ0n) is 21.1. The average Bonchev–Trinajstić information content (AvgIpc) is 3.54. The summed E-state index contributed by atoms with van der Waals surface area (Å²) in [7, 11) is 1.79. The van der Waals surface area contributed by atoms with Crippen LogP contribution in [-0.4, -0.2) is 47.1 Å². The van der Waals surface area contributed by atoms with Gasteiger partial charge in [0.1, 0.15) is 0 Å². The minimum Gasteiger partial charge on any atom is -0.383 e. The number of anilines is 1. The lowest BCUT2D eigenvalue weighted by Gasteiger charge is -2.31. The van der Waals surface area contributed by atoms with Gasteiger partial charge >= 0.3 is 0 Å². The van der Waals surface area contributed by atoms with Crippen molar-refractivity contribution in [1.82, 2.24) is 20.1 Å². The van der Waals surface area contributed by atoms with Crippen molar-refractivity contribution in [3.05, 3.63) is 65.6 Å². The van der Waals surface area contributed by atoms with Crippen LogP contribution in [0.5, 0.6) is 0 Å². The molecular weight excluding hydrogens is 434 g/mol. The fourth-order valence-electron chi connectivity index (χ4n) is 6.92. The van der Waals surface area contributed by atoms with Gasteiger partial charge < -0.3 is 15.0 Å². The number of aromatic nitrogens is 3. The third kappa shape index (κ3) is 4.27. The van der Waals surface area contributed by atoms with Gasteiger partial charge in [0.2, 0.25) is 0 Å². The van der Waals surface area contributed by atoms with Crippen LogP contribution in [0, 0.1) is 12.3 Å². The van der Waals surface area contributed by atoms with Crippen molar-refractivity contribution >= 4 is 5.69 Å². The van der Waals surface area contributed by atoms with Crippen LogP contribution in [0.2, 0.25) is 0 Å². The molecule has 2 saturated carbocycles. The standard InChI is InChI=1S/C29H37N5O/c1-22-25-19-33(24-8-14-30-26(18-24)23-6-4-3-5-7-23)16-9-27(25)34(32-22)21-28-10-12-29(20-28,13-11-28)31-15-17-35-2/h3-8,14,18,31H,9-13,15-17,19-21H2,1-2H3. The van der Waals surface area contributed by atoms with Crippen molar-refractivity contribution < 1.29 is 4.74 Å². The third-order valence-corrected chi connectivity index (χ3v) is 8.79. The number of benzene rings is 1. The maximum absolute atomic E-state index is 5.28. The Bertz CT molecular complexity index is 1180. The Balaban J connectivity index is 1.18. The summed E-state index contributed by atoms with van der Waals surface area (Å²) in [5.74, 6) is 0.